The van der Waals surface area contributed by atoms with Crippen LogP contribution in [-0.4, -0.2) is 20.7 Å². The van der Waals surface area contributed by atoms with Crippen molar-refractivity contribution >= 4 is 16.9 Å². The fraction of sp³-hybridized carbons (Fsp3) is 0.471. The molecule has 2 heterocycles. The summed E-state index contributed by atoms with van der Waals surface area (Å²) in [4.78, 5) is 23.2. The Morgan fingerprint density at radius 1 is 1.38 bits per heavy atom. The maximum atomic E-state index is 10.9. The Labute approximate surface area is 125 Å². The fourth-order valence-corrected chi connectivity index (χ4v) is 2.11. The SMILES string of the molecule is CC(=O)/C=C/Cc1c[nH]c2ncc(CCC(C)(C)C)nc12. The van der Waals surface area contributed by atoms with Gasteiger partial charge in [-0.3, -0.25) is 4.79 Å². The highest BCUT2D eigenvalue weighted by molar-refractivity contribution is 5.87. The molecule has 0 amide bonds. The van der Waals surface area contributed by atoms with E-state index in [1.165, 1.54) is 0 Å². The normalized spacial score (nSPS) is 12.4. The summed E-state index contributed by atoms with van der Waals surface area (Å²) < 4.78 is 0. The van der Waals surface area contributed by atoms with E-state index in [1.807, 2.05) is 18.5 Å². The van der Waals surface area contributed by atoms with Gasteiger partial charge in [0.2, 0.25) is 0 Å². The molecule has 112 valence electrons. The third kappa shape index (κ3) is 4.52. The first kappa shape index (κ1) is 15.4. The Morgan fingerprint density at radius 3 is 2.81 bits per heavy atom. The molecule has 0 saturated carbocycles. The molecule has 2 rings (SSSR count). The van der Waals surface area contributed by atoms with E-state index in [0.717, 1.165) is 35.3 Å². The van der Waals surface area contributed by atoms with Gasteiger partial charge in [-0.2, -0.15) is 0 Å². The van der Waals surface area contributed by atoms with Crippen molar-refractivity contribution in [2.24, 2.45) is 5.41 Å². The molecule has 2 aromatic rings. The summed E-state index contributed by atoms with van der Waals surface area (Å²) in [5.41, 5.74) is 4.11. The minimum atomic E-state index is 0.0618. The minimum Gasteiger partial charge on any atom is -0.345 e. The van der Waals surface area contributed by atoms with Crippen LogP contribution in [0.4, 0.5) is 0 Å². The molecule has 4 nitrogen and oxygen atoms in total. The van der Waals surface area contributed by atoms with E-state index in [1.54, 1.807) is 13.0 Å². The van der Waals surface area contributed by atoms with E-state index in [9.17, 15) is 4.79 Å². The Balaban J connectivity index is 2.18. The number of ketones is 1. The first-order valence-corrected chi connectivity index (χ1v) is 7.34. The second-order valence-corrected chi connectivity index (χ2v) is 6.65. The number of aryl methyl sites for hydroxylation is 1. The molecule has 0 bridgehead atoms. The van der Waals surface area contributed by atoms with Gasteiger partial charge >= 0.3 is 0 Å². The zero-order valence-corrected chi connectivity index (χ0v) is 13.2. The smallest absolute Gasteiger partial charge is 0.156 e. The molecule has 2 aromatic heterocycles. The molecular weight excluding hydrogens is 262 g/mol. The quantitative estimate of drug-likeness (QED) is 0.853. The van der Waals surface area contributed by atoms with E-state index >= 15 is 0 Å². The predicted molar refractivity (Wildman–Crippen MR) is 85.2 cm³/mol. The number of fused-ring (bicyclic) bond motifs is 1. The van der Waals surface area contributed by atoms with Crippen LogP contribution in [0.25, 0.3) is 11.2 Å². The third-order valence-corrected chi connectivity index (χ3v) is 3.33. The summed E-state index contributed by atoms with van der Waals surface area (Å²) in [5.74, 6) is 0.0618. The van der Waals surface area contributed by atoms with Gasteiger partial charge in [-0.25, -0.2) is 9.97 Å². The van der Waals surface area contributed by atoms with Crippen molar-refractivity contribution in [3.05, 3.63) is 35.8 Å². The maximum absolute atomic E-state index is 10.9. The van der Waals surface area contributed by atoms with Crippen molar-refractivity contribution in [3.8, 4) is 0 Å². The third-order valence-electron chi connectivity index (χ3n) is 3.33. The zero-order chi connectivity index (χ0) is 15.5. The van der Waals surface area contributed by atoms with E-state index in [2.05, 4.69) is 30.7 Å². The molecule has 0 aromatic carbocycles. The second-order valence-electron chi connectivity index (χ2n) is 6.65. The van der Waals surface area contributed by atoms with Crippen molar-refractivity contribution in [3.63, 3.8) is 0 Å². The Kier molecular flexibility index (Phi) is 4.56. The molecule has 0 atom stereocenters. The first-order chi connectivity index (χ1) is 9.85. The molecule has 0 saturated heterocycles. The number of H-pyrrole nitrogens is 1. The summed E-state index contributed by atoms with van der Waals surface area (Å²) in [6.07, 6.45) is 9.93. The van der Waals surface area contributed by atoms with Gasteiger partial charge in [-0.05, 0) is 37.7 Å². The number of hydrogen-bond acceptors (Lipinski definition) is 3. The molecule has 0 fully saturated rings. The number of aromatic nitrogens is 3. The zero-order valence-electron chi connectivity index (χ0n) is 13.2. The lowest BCUT2D eigenvalue weighted by atomic mass is 9.90. The predicted octanol–water partition coefficient (Wildman–Crippen LogP) is 3.62. The van der Waals surface area contributed by atoms with Gasteiger partial charge in [0.1, 0.15) is 5.52 Å². The number of aromatic amines is 1. The van der Waals surface area contributed by atoms with E-state index in [4.69, 9.17) is 4.98 Å². The maximum Gasteiger partial charge on any atom is 0.156 e. The number of nitrogens with one attached hydrogen (secondary N) is 1. The van der Waals surface area contributed by atoms with Crippen molar-refractivity contribution in [1.82, 2.24) is 15.0 Å². The molecule has 0 unspecified atom stereocenters. The van der Waals surface area contributed by atoms with Crippen molar-refractivity contribution in [1.29, 1.82) is 0 Å². The van der Waals surface area contributed by atoms with Crippen LogP contribution in [0.15, 0.2) is 24.5 Å². The van der Waals surface area contributed by atoms with E-state index in [-0.39, 0.29) is 5.78 Å². The monoisotopic (exact) mass is 285 g/mol. The highest BCUT2D eigenvalue weighted by Crippen LogP contribution is 2.22. The Morgan fingerprint density at radius 2 is 2.14 bits per heavy atom. The van der Waals surface area contributed by atoms with Gasteiger partial charge in [-0.15, -0.1) is 0 Å². The second kappa shape index (κ2) is 6.20. The average molecular weight is 285 g/mol. The number of rotatable bonds is 5. The highest BCUT2D eigenvalue weighted by atomic mass is 16.1. The first-order valence-electron chi connectivity index (χ1n) is 7.34. The van der Waals surface area contributed by atoms with Crippen molar-refractivity contribution in [2.45, 2.75) is 47.0 Å². The van der Waals surface area contributed by atoms with Gasteiger partial charge in [0, 0.05) is 11.8 Å². The lowest BCUT2D eigenvalue weighted by Gasteiger charge is -2.17. The van der Waals surface area contributed by atoms with Crippen LogP contribution in [0.3, 0.4) is 0 Å². The Bertz CT molecular complexity index is 662. The summed E-state index contributed by atoms with van der Waals surface area (Å²) >= 11 is 0. The number of allylic oxidation sites excluding steroid dienone is 2. The summed E-state index contributed by atoms with van der Waals surface area (Å²) in [6, 6.07) is 0. The minimum absolute atomic E-state index is 0.0618. The molecule has 1 N–H and O–H groups in total. The molecule has 0 spiro atoms. The van der Waals surface area contributed by atoms with Gasteiger partial charge < -0.3 is 4.98 Å². The molecular formula is C17H23N3O. The van der Waals surface area contributed by atoms with Crippen LogP contribution in [0, 0.1) is 5.41 Å². The van der Waals surface area contributed by atoms with Crippen LogP contribution in [-0.2, 0) is 17.6 Å². The Hall–Kier alpha value is -1.97. The van der Waals surface area contributed by atoms with Crippen molar-refractivity contribution < 1.29 is 4.79 Å². The lowest BCUT2D eigenvalue weighted by molar-refractivity contribution is -0.112. The number of carbonyl (C=O) groups is 1. The van der Waals surface area contributed by atoms with Gasteiger partial charge in [0.15, 0.2) is 11.4 Å². The highest BCUT2D eigenvalue weighted by Gasteiger charge is 2.12. The molecule has 4 heteroatoms. The van der Waals surface area contributed by atoms with Gasteiger partial charge in [0.05, 0.1) is 11.9 Å². The van der Waals surface area contributed by atoms with Gasteiger partial charge in [-0.1, -0.05) is 26.8 Å². The van der Waals surface area contributed by atoms with Crippen LogP contribution in [0.2, 0.25) is 0 Å². The average Bonchev–Trinajstić information content (AvgIpc) is 2.78. The summed E-state index contributed by atoms with van der Waals surface area (Å²) in [6.45, 7) is 8.24. The number of carbonyl (C=O) groups excluding carboxylic acids is 1. The standard InChI is InChI=1S/C17H23N3O/c1-12(21)6-5-7-13-10-18-16-15(13)20-14(11-19-16)8-9-17(2,3)4/h5-6,10-11H,7-9H2,1-4H3,(H,18,19)/b6-5+. The van der Waals surface area contributed by atoms with Crippen LogP contribution in [0.1, 0.15) is 45.4 Å². The van der Waals surface area contributed by atoms with Crippen molar-refractivity contribution in [2.75, 3.05) is 0 Å². The van der Waals surface area contributed by atoms with E-state index < -0.39 is 0 Å². The number of nitrogens with zero attached hydrogens (tertiary/aromatic N) is 2. The summed E-state index contributed by atoms with van der Waals surface area (Å²) in [7, 11) is 0. The van der Waals surface area contributed by atoms with Crippen LogP contribution in [0.5, 0.6) is 0 Å². The largest absolute Gasteiger partial charge is 0.345 e. The summed E-state index contributed by atoms with van der Waals surface area (Å²) in [5, 5.41) is 0. The fourth-order valence-electron chi connectivity index (χ4n) is 2.11. The van der Waals surface area contributed by atoms with E-state index in [0.29, 0.717) is 11.8 Å². The number of hydrogen-bond donors (Lipinski definition) is 1. The van der Waals surface area contributed by atoms with Crippen LogP contribution < -0.4 is 0 Å². The van der Waals surface area contributed by atoms with Gasteiger partial charge in [0.25, 0.3) is 0 Å². The molecule has 0 aliphatic carbocycles. The lowest BCUT2D eigenvalue weighted by Crippen LogP contribution is -2.07. The van der Waals surface area contributed by atoms with Crippen LogP contribution >= 0.6 is 0 Å². The molecule has 0 aliphatic rings. The topological polar surface area (TPSA) is 58.6 Å². The molecule has 0 aliphatic heterocycles. The molecule has 21 heavy (non-hydrogen) atoms. The molecule has 0 radical (unpaired) electrons.